The number of nitrogens with one attached hydrogen (secondary N) is 2. The molecule has 2 amide bonds. The maximum Gasteiger partial charge on any atom is 0.288 e. The fourth-order valence-corrected chi connectivity index (χ4v) is 1.98. The van der Waals surface area contributed by atoms with Crippen LogP contribution >= 0.6 is 0 Å². The van der Waals surface area contributed by atoms with Gasteiger partial charge in [-0.05, 0) is 18.2 Å². The average molecular weight is 346 g/mol. The number of pyridine rings is 2. The van der Waals surface area contributed by atoms with Crippen LogP contribution in [0.2, 0.25) is 0 Å². The average Bonchev–Trinajstić information content (AvgIpc) is 2.65. The van der Waals surface area contributed by atoms with Crippen LogP contribution < -0.4 is 21.1 Å². The summed E-state index contributed by atoms with van der Waals surface area (Å²) in [5, 5.41) is 0. The highest BCUT2D eigenvalue weighted by atomic mass is 16.5. The van der Waals surface area contributed by atoms with Crippen molar-refractivity contribution in [2.75, 3.05) is 20.8 Å². The van der Waals surface area contributed by atoms with Crippen molar-refractivity contribution in [2.45, 2.75) is 6.54 Å². The molecule has 2 N–H and O–H groups in total. The third kappa shape index (κ3) is 4.64. The van der Waals surface area contributed by atoms with Crippen LogP contribution in [0.25, 0.3) is 0 Å². The first-order valence-electron chi connectivity index (χ1n) is 7.36. The van der Waals surface area contributed by atoms with Crippen molar-refractivity contribution >= 4 is 11.8 Å². The van der Waals surface area contributed by atoms with Crippen molar-refractivity contribution in [1.82, 2.24) is 20.4 Å². The number of hydrazine groups is 1. The van der Waals surface area contributed by atoms with Crippen LogP contribution in [0.1, 0.15) is 20.8 Å². The molecule has 2 aromatic rings. The molecule has 132 valence electrons. The maximum atomic E-state index is 12.2. The van der Waals surface area contributed by atoms with E-state index in [0.717, 1.165) is 0 Å². The van der Waals surface area contributed by atoms with Gasteiger partial charge in [-0.15, -0.1) is 0 Å². The van der Waals surface area contributed by atoms with Crippen LogP contribution in [-0.2, 0) is 11.3 Å². The monoisotopic (exact) mass is 346 g/mol. The first-order valence-corrected chi connectivity index (χ1v) is 7.36. The minimum absolute atomic E-state index is 0.0604. The van der Waals surface area contributed by atoms with Crippen molar-refractivity contribution in [3.05, 3.63) is 58.3 Å². The molecule has 0 saturated heterocycles. The molecule has 2 rings (SSSR count). The lowest BCUT2D eigenvalue weighted by Crippen LogP contribution is -2.44. The lowest BCUT2D eigenvalue weighted by molar-refractivity contribution is 0.0842. The van der Waals surface area contributed by atoms with Crippen molar-refractivity contribution in [2.24, 2.45) is 0 Å². The van der Waals surface area contributed by atoms with E-state index in [9.17, 15) is 14.4 Å². The van der Waals surface area contributed by atoms with E-state index in [0.29, 0.717) is 18.9 Å². The van der Waals surface area contributed by atoms with E-state index in [1.807, 2.05) is 0 Å². The molecule has 0 aliphatic rings. The molecule has 25 heavy (non-hydrogen) atoms. The lowest BCUT2D eigenvalue weighted by Gasteiger charge is -2.09. The molecule has 0 aliphatic heterocycles. The Balaban J connectivity index is 2.05. The van der Waals surface area contributed by atoms with E-state index in [-0.39, 0.29) is 11.3 Å². The van der Waals surface area contributed by atoms with Gasteiger partial charge in [-0.25, -0.2) is 0 Å². The van der Waals surface area contributed by atoms with Gasteiger partial charge in [0.1, 0.15) is 17.0 Å². The second-order valence-electron chi connectivity index (χ2n) is 4.90. The maximum absolute atomic E-state index is 12.2. The molecule has 0 fully saturated rings. The van der Waals surface area contributed by atoms with Gasteiger partial charge < -0.3 is 14.0 Å². The van der Waals surface area contributed by atoms with Crippen LogP contribution in [0.5, 0.6) is 5.75 Å². The molecule has 0 spiro atoms. The van der Waals surface area contributed by atoms with E-state index < -0.39 is 17.4 Å². The summed E-state index contributed by atoms with van der Waals surface area (Å²) in [6.07, 6.45) is 2.96. The summed E-state index contributed by atoms with van der Waals surface area (Å²) in [4.78, 5) is 40.2. The molecule has 9 nitrogen and oxygen atoms in total. The second kappa shape index (κ2) is 8.60. The number of carbonyl (C=O) groups is 2. The molecular weight excluding hydrogens is 328 g/mol. The normalized spacial score (nSPS) is 10.2. The molecule has 0 atom stereocenters. The Morgan fingerprint density at radius 3 is 2.68 bits per heavy atom. The van der Waals surface area contributed by atoms with E-state index >= 15 is 0 Å². The van der Waals surface area contributed by atoms with E-state index in [1.54, 1.807) is 18.3 Å². The van der Waals surface area contributed by atoms with Gasteiger partial charge in [-0.1, -0.05) is 0 Å². The van der Waals surface area contributed by atoms with E-state index in [2.05, 4.69) is 15.8 Å². The third-order valence-corrected chi connectivity index (χ3v) is 3.29. The molecule has 0 radical (unpaired) electrons. The smallest absolute Gasteiger partial charge is 0.288 e. The summed E-state index contributed by atoms with van der Waals surface area (Å²) in [6, 6.07) is 5.94. The minimum Gasteiger partial charge on any atom is -0.497 e. The number of nitrogens with zero attached hydrogens (tertiary/aromatic N) is 2. The van der Waals surface area contributed by atoms with E-state index in [1.165, 1.54) is 37.1 Å². The molecule has 0 unspecified atom stereocenters. The van der Waals surface area contributed by atoms with Gasteiger partial charge in [0, 0.05) is 32.1 Å². The summed E-state index contributed by atoms with van der Waals surface area (Å²) in [5.41, 5.74) is 3.88. The number of aromatic nitrogens is 2. The van der Waals surface area contributed by atoms with Crippen molar-refractivity contribution in [3.8, 4) is 5.75 Å². The van der Waals surface area contributed by atoms with Crippen LogP contribution in [0.3, 0.4) is 0 Å². The molecule has 0 aliphatic carbocycles. The van der Waals surface area contributed by atoms with Gasteiger partial charge in [-0.3, -0.25) is 30.2 Å². The van der Waals surface area contributed by atoms with Crippen molar-refractivity contribution in [3.63, 3.8) is 0 Å². The molecule has 9 heteroatoms. The zero-order valence-corrected chi connectivity index (χ0v) is 13.8. The van der Waals surface area contributed by atoms with E-state index in [4.69, 9.17) is 9.47 Å². The van der Waals surface area contributed by atoms with Crippen LogP contribution in [0.15, 0.2) is 41.5 Å². The summed E-state index contributed by atoms with van der Waals surface area (Å²) < 4.78 is 11.3. The Hall–Kier alpha value is -3.20. The molecule has 2 heterocycles. The van der Waals surface area contributed by atoms with Crippen LogP contribution in [-0.4, -0.2) is 42.2 Å². The zero-order chi connectivity index (χ0) is 18.2. The number of methoxy groups -OCH3 is 2. The summed E-state index contributed by atoms with van der Waals surface area (Å²) in [6.45, 7) is 0.653. The fourth-order valence-electron chi connectivity index (χ4n) is 1.98. The summed E-state index contributed by atoms with van der Waals surface area (Å²) in [7, 11) is 2.98. The molecular formula is C16H18N4O5. The number of carbonyl (C=O) groups excluding carboxylic acids is 2. The SMILES string of the molecule is COCCn1cccc(C(=O)NNC(=O)c2cc(OC)ccn2)c1=O. The van der Waals surface area contributed by atoms with Gasteiger partial charge in [0.05, 0.1) is 13.7 Å². The predicted molar refractivity (Wildman–Crippen MR) is 88.3 cm³/mol. The number of hydrogen-bond donors (Lipinski definition) is 2. The summed E-state index contributed by atoms with van der Waals surface area (Å²) in [5.74, 6) is -0.911. The summed E-state index contributed by atoms with van der Waals surface area (Å²) >= 11 is 0. The highest BCUT2D eigenvalue weighted by molar-refractivity contribution is 5.98. The highest BCUT2D eigenvalue weighted by Crippen LogP contribution is 2.09. The molecule has 2 aromatic heterocycles. The Labute approximate surface area is 143 Å². The number of amides is 2. The second-order valence-corrected chi connectivity index (χ2v) is 4.90. The first-order chi connectivity index (χ1) is 12.1. The number of hydrogen-bond acceptors (Lipinski definition) is 6. The first kappa shape index (κ1) is 18.1. The molecule has 0 bridgehead atoms. The van der Waals surface area contributed by atoms with Gasteiger partial charge in [0.15, 0.2) is 0 Å². The standard InChI is InChI=1S/C16H18N4O5/c1-24-9-8-20-7-3-4-12(16(20)23)14(21)18-19-15(22)13-10-11(25-2)5-6-17-13/h3-7,10H,8-9H2,1-2H3,(H,18,21)(H,19,22). The number of ether oxygens (including phenoxy) is 2. The van der Waals surface area contributed by atoms with Gasteiger partial charge in [-0.2, -0.15) is 0 Å². The largest absolute Gasteiger partial charge is 0.497 e. The minimum atomic E-state index is -0.729. The van der Waals surface area contributed by atoms with Crippen LogP contribution in [0, 0.1) is 0 Å². The predicted octanol–water partition coefficient (Wildman–Crippen LogP) is -0.0269. The molecule has 0 saturated carbocycles. The third-order valence-electron chi connectivity index (χ3n) is 3.29. The highest BCUT2D eigenvalue weighted by Gasteiger charge is 2.14. The quantitative estimate of drug-likeness (QED) is 0.711. The Morgan fingerprint density at radius 1 is 1.20 bits per heavy atom. The van der Waals surface area contributed by atoms with Gasteiger partial charge in [0.25, 0.3) is 17.4 Å². The van der Waals surface area contributed by atoms with Gasteiger partial charge in [0.2, 0.25) is 0 Å². The Kier molecular flexibility index (Phi) is 6.24. The van der Waals surface area contributed by atoms with Gasteiger partial charge >= 0.3 is 0 Å². The Bertz CT molecular complexity index is 818. The van der Waals surface area contributed by atoms with Crippen molar-refractivity contribution in [1.29, 1.82) is 0 Å². The molecule has 0 aromatic carbocycles. The Morgan fingerprint density at radius 2 is 1.96 bits per heavy atom. The van der Waals surface area contributed by atoms with Crippen LogP contribution in [0.4, 0.5) is 0 Å². The lowest BCUT2D eigenvalue weighted by atomic mass is 10.2. The fraction of sp³-hybridized carbons (Fsp3) is 0.250. The van der Waals surface area contributed by atoms with Crippen molar-refractivity contribution < 1.29 is 19.1 Å². The topological polar surface area (TPSA) is 112 Å². The zero-order valence-electron chi connectivity index (χ0n) is 13.8. The number of rotatable bonds is 6.